The maximum Gasteiger partial charge on any atom is 0.307 e. The molecule has 0 aromatic heterocycles. The average molecular weight is 370 g/mol. The first-order chi connectivity index (χ1) is 13.0. The van der Waals surface area contributed by atoms with Crippen LogP contribution >= 0.6 is 0 Å². The molecule has 2 aromatic carbocycles. The number of benzene rings is 2. The molecule has 0 atom stereocenters. The van der Waals surface area contributed by atoms with Crippen LogP contribution in [0.15, 0.2) is 54.6 Å². The zero-order valence-corrected chi connectivity index (χ0v) is 15.2. The van der Waals surface area contributed by atoms with Crippen molar-refractivity contribution in [3.05, 3.63) is 75.8 Å². The molecule has 0 fully saturated rings. The molecule has 7 heteroatoms. The summed E-state index contributed by atoms with van der Waals surface area (Å²) in [4.78, 5) is 36.4. The molecule has 1 amide bonds. The quantitative estimate of drug-likeness (QED) is 0.385. The van der Waals surface area contributed by atoms with Crippen molar-refractivity contribution in [1.29, 1.82) is 0 Å². The van der Waals surface area contributed by atoms with Gasteiger partial charge in [0.05, 0.1) is 24.9 Å². The van der Waals surface area contributed by atoms with Crippen LogP contribution in [-0.4, -0.2) is 41.9 Å². The minimum atomic E-state index is -0.495. The lowest BCUT2D eigenvalue weighted by Gasteiger charge is -2.22. The third-order valence-corrected chi connectivity index (χ3v) is 4.21. The molecule has 0 aliphatic heterocycles. The number of methoxy groups -OCH3 is 1. The van der Waals surface area contributed by atoms with E-state index in [0.29, 0.717) is 18.5 Å². The molecule has 7 nitrogen and oxygen atoms in total. The number of ether oxygens (including phenoxy) is 1. The first-order valence-electron chi connectivity index (χ1n) is 8.62. The highest BCUT2D eigenvalue weighted by molar-refractivity contribution is 5.80. The summed E-state index contributed by atoms with van der Waals surface area (Å²) in [7, 11) is 1.30. The van der Waals surface area contributed by atoms with Gasteiger partial charge in [-0.1, -0.05) is 48.5 Å². The fraction of sp³-hybridized carbons (Fsp3) is 0.300. The van der Waals surface area contributed by atoms with Crippen molar-refractivity contribution in [1.82, 2.24) is 4.90 Å². The molecule has 0 N–H and O–H groups in total. The SMILES string of the molecule is COC(=O)CCN(CCc1ccccc1)C(=O)Cc1ccccc1[N+](=O)[O-]. The van der Waals surface area contributed by atoms with Crippen LogP contribution in [0.3, 0.4) is 0 Å². The molecule has 142 valence electrons. The molecule has 0 aliphatic carbocycles. The van der Waals surface area contributed by atoms with Gasteiger partial charge >= 0.3 is 5.97 Å². The van der Waals surface area contributed by atoms with Gasteiger partial charge in [0, 0.05) is 24.7 Å². The van der Waals surface area contributed by atoms with E-state index in [1.165, 1.54) is 13.2 Å². The van der Waals surface area contributed by atoms with E-state index in [1.54, 1.807) is 23.1 Å². The Morgan fingerprint density at radius 1 is 1.04 bits per heavy atom. The number of nitro groups is 1. The number of hydrogen-bond acceptors (Lipinski definition) is 5. The summed E-state index contributed by atoms with van der Waals surface area (Å²) in [6.45, 7) is 0.624. The molecule has 0 spiro atoms. The van der Waals surface area contributed by atoms with E-state index >= 15 is 0 Å². The molecule has 0 saturated heterocycles. The zero-order chi connectivity index (χ0) is 19.6. The molecular weight excluding hydrogens is 348 g/mol. The standard InChI is InChI=1S/C20H22N2O5/c1-27-20(24)12-14-21(13-11-16-7-3-2-4-8-16)19(23)15-17-9-5-6-10-18(17)22(25)26/h2-10H,11-15H2,1H3. The van der Waals surface area contributed by atoms with E-state index in [0.717, 1.165) is 5.56 Å². The Morgan fingerprint density at radius 2 is 1.70 bits per heavy atom. The molecular formula is C20H22N2O5. The van der Waals surface area contributed by atoms with Gasteiger partial charge in [-0.15, -0.1) is 0 Å². The molecule has 0 saturated carbocycles. The maximum atomic E-state index is 12.8. The van der Waals surface area contributed by atoms with Crippen molar-refractivity contribution in [2.75, 3.05) is 20.2 Å². The summed E-state index contributed by atoms with van der Waals surface area (Å²) < 4.78 is 4.65. The number of rotatable bonds is 9. The monoisotopic (exact) mass is 370 g/mol. The van der Waals surface area contributed by atoms with Gasteiger partial charge in [-0.3, -0.25) is 19.7 Å². The van der Waals surface area contributed by atoms with Gasteiger partial charge in [-0.2, -0.15) is 0 Å². The third kappa shape index (κ3) is 6.22. The van der Waals surface area contributed by atoms with Crippen LogP contribution in [0.2, 0.25) is 0 Å². The van der Waals surface area contributed by atoms with Crippen molar-refractivity contribution in [3.63, 3.8) is 0 Å². The molecule has 0 radical (unpaired) electrons. The number of nitro benzene ring substituents is 1. The first-order valence-corrected chi connectivity index (χ1v) is 8.62. The van der Waals surface area contributed by atoms with Crippen LogP contribution in [-0.2, 0) is 27.2 Å². The Morgan fingerprint density at radius 3 is 2.37 bits per heavy atom. The van der Waals surface area contributed by atoms with E-state index in [-0.39, 0.29) is 31.0 Å². The fourth-order valence-electron chi connectivity index (χ4n) is 2.71. The smallest absolute Gasteiger partial charge is 0.307 e. The van der Waals surface area contributed by atoms with E-state index in [4.69, 9.17) is 0 Å². The number of amides is 1. The van der Waals surface area contributed by atoms with Gasteiger partial charge in [0.25, 0.3) is 5.69 Å². The van der Waals surface area contributed by atoms with Gasteiger partial charge in [0.15, 0.2) is 0 Å². The van der Waals surface area contributed by atoms with Crippen molar-refractivity contribution in [2.24, 2.45) is 0 Å². The lowest BCUT2D eigenvalue weighted by Crippen LogP contribution is -2.36. The highest BCUT2D eigenvalue weighted by atomic mass is 16.6. The Kier molecular flexibility index (Phi) is 7.49. The van der Waals surface area contributed by atoms with E-state index < -0.39 is 10.9 Å². The Bertz CT molecular complexity index is 792. The van der Waals surface area contributed by atoms with Crippen LogP contribution in [0, 0.1) is 10.1 Å². The zero-order valence-electron chi connectivity index (χ0n) is 15.2. The largest absolute Gasteiger partial charge is 0.469 e. The summed E-state index contributed by atoms with van der Waals surface area (Å²) in [5.41, 5.74) is 1.34. The summed E-state index contributed by atoms with van der Waals surface area (Å²) in [6.07, 6.45) is 0.617. The van der Waals surface area contributed by atoms with Crippen LogP contribution < -0.4 is 0 Å². The molecule has 2 rings (SSSR count). The predicted molar refractivity (Wildman–Crippen MR) is 100 cm³/mol. The number of carbonyl (C=O) groups is 2. The van der Waals surface area contributed by atoms with Crippen LogP contribution in [0.25, 0.3) is 0 Å². The minimum absolute atomic E-state index is 0.0773. The fourth-order valence-corrected chi connectivity index (χ4v) is 2.71. The van der Waals surface area contributed by atoms with E-state index in [1.807, 2.05) is 30.3 Å². The highest BCUT2D eigenvalue weighted by Crippen LogP contribution is 2.19. The number of esters is 1. The number of carbonyl (C=O) groups excluding carboxylic acids is 2. The van der Waals surface area contributed by atoms with Crippen molar-refractivity contribution < 1.29 is 19.2 Å². The second-order valence-corrected chi connectivity index (χ2v) is 6.01. The normalized spacial score (nSPS) is 10.3. The molecule has 0 bridgehead atoms. The molecule has 27 heavy (non-hydrogen) atoms. The van der Waals surface area contributed by atoms with Crippen molar-refractivity contribution >= 4 is 17.6 Å². The molecule has 2 aromatic rings. The average Bonchev–Trinajstić information content (AvgIpc) is 2.68. The van der Waals surface area contributed by atoms with Gasteiger partial charge in [0.1, 0.15) is 0 Å². The van der Waals surface area contributed by atoms with E-state index in [9.17, 15) is 19.7 Å². The van der Waals surface area contributed by atoms with Crippen LogP contribution in [0.5, 0.6) is 0 Å². The lowest BCUT2D eigenvalue weighted by atomic mass is 10.1. The third-order valence-electron chi connectivity index (χ3n) is 4.21. The summed E-state index contributed by atoms with van der Waals surface area (Å²) in [5.74, 6) is -0.665. The maximum absolute atomic E-state index is 12.8. The first kappa shape index (κ1) is 20.1. The lowest BCUT2D eigenvalue weighted by molar-refractivity contribution is -0.385. The summed E-state index contributed by atoms with van der Waals surface area (Å²) in [5, 5.41) is 11.2. The number of nitrogens with zero attached hydrogens (tertiary/aromatic N) is 2. The predicted octanol–water partition coefficient (Wildman–Crippen LogP) is 2.77. The second-order valence-electron chi connectivity index (χ2n) is 6.01. The Balaban J connectivity index is 2.10. The van der Waals surface area contributed by atoms with Gasteiger partial charge in [-0.25, -0.2) is 0 Å². The van der Waals surface area contributed by atoms with Crippen molar-refractivity contribution in [2.45, 2.75) is 19.3 Å². The van der Waals surface area contributed by atoms with Gasteiger partial charge < -0.3 is 9.64 Å². The van der Waals surface area contributed by atoms with Crippen molar-refractivity contribution in [3.8, 4) is 0 Å². The van der Waals surface area contributed by atoms with Gasteiger partial charge in [-0.05, 0) is 12.0 Å². The molecule has 0 heterocycles. The van der Waals surface area contributed by atoms with E-state index in [2.05, 4.69) is 4.74 Å². The Labute approximate surface area is 157 Å². The van der Waals surface area contributed by atoms with Crippen LogP contribution in [0.1, 0.15) is 17.5 Å². The topological polar surface area (TPSA) is 89.8 Å². The van der Waals surface area contributed by atoms with Crippen LogP contribution in [0.4, 0.5) is 5.69 Å². The summed E-state index contributed by atoms with van der Waals surface area (Å²) in [6, 6.07) is 15.9. The number of para-hydroxylation sites is 1. The van der Waals surface area contributed by atoms with Gasteiger partial charge in [0.2, 0.25) is 5.91 Å². The number of hydrogen-bond donors (Lipinski definition) is 0. The molecule has 0 aliphatic rings. The second kappa shape index (κ2) is 10.1. The molecule has 0 unspecified atom stereocenters. The Hall–Kier alpha value is -3.22. The minimum Gasteiger partial charge on any atom is -0.469 e. The summed E-state index contributed by atoms with van der Waals surface area (Å²) >= 11 is 0. The highest BCUT2D eigenvalue weighted by Gasteiger charge is 2.20.